The van der Waals surface area contributed by atoms with Gasteiger partial charge in [-0.05, 0) is 32.9 Å². The summed E-state index contributed by atoms with van der Waals surface area (Å²) in [4.78, 5) is 16.8. The van der Waals surface area contributed by atoms with Crippen LogP contribution in [-0.2, 0) is 4.79 Å². The van der Waals surface area contributed by atoms with Gasteiger partial charge in [-0.15, -0.1) is 0 Å². The topological polar surface area (TPSA) is 23.6 Å². The molecule has 1 fully saturated rings. The third-order valence-corrected chi connectivity index (χ3v) is 4.07. The minimum Gasteiger partial charge on any atom is -0.367 e. The standard InChI is InChI=1S/C17H26N2O/c1-12(2)17(20)19-14(4)10-18(11-15(19)5)16-8-6-13(3)7-9-16/h6-9,12,14-15H,10-11H2,1-5H3. The Labute approximate surface area is 122 Å². The molecule has 0 bridgehead atoms. The first-order chi connectivity index (χ1) is 9.40. The van der Waals surface area contributed by atoms with Crippen LogP contribution in [0.15, 0.2) is 24.3 Å². The first kappa shape index (κ1) is 14.9. The van der Waals surface area contributed by atoms with Gasteiger partial charge in [0.15, 0.2) is 0 Å². The number of anilines is 1. The Hall–Kier alpha value is -1.51. The van der Waals surface area contributed by atoms with Crippen molar-refractivity contribution in [3.63, 3.8) is 0 Å². The van der Waals surface area contributed by atoms with Crippen LogP contribution < -0.4 is 4.90 Å². The van der Waals surface area contributed by atoms with Crippen molar-refractivity contribution in [3.8, 4) is 0 Å². The molecule has 0 radical (unpaired) electrons. The Morgan fingerprint density at radius 3 is 2.05 bits per heavy atom. The van der Waals surface area contributed by atoms with Crippen molar-refractivity contribution < 1.29 is 4.79 Å². The third-order valence-electron chi connectivity index (χ3n) is 4.07. The van der Waals surface area contributed by atoms with Crippen molar-refractivity contribution in [2.45, 2.75) is 46.7 Å². The van der Waals surface area contributed by atoms with Gasteiger partial charge < -0.3 is 9.80 Å². The average Bonchev–Trinajstić information content (AvgIpc) is 2.38. The summed E-state index contributed by atoms with van der Waals surface area (Å²) in [5.74, 6) is 0.347. The summed E-state index contributed by atoms with van der Waals surface area (Å²) in [7, 11) is 0. The summed E-state index contributed by atoms with van der Waals surface area (Å²) in [5, 5.41) is 0. The molecule has 2 atom stereocenters. The monoisotopic (exact) mass is 274 g/mol. The summed E-state index contributed by atoms with van der Waals surface area (Å²) >= 11 is 0. The molecule has 1 saturated heterocycles. The molecule has 0 saturated carbocycles. The SMILES string of the molecule is Cc1ccc(N2CC(C)N(C(=O)C(C)C)C(C)C2)cc1. The number of carbonyl (C=O) groups is 1. The summed E-state index contributed by atoms with van der Waals surface area (Å²) in [5.41, 5.74) is 2.54. The maximum atomic E-state index is 12.3. The summed E-state index contributed by atoms with van der Waals surface area (Å²) < 4.78 is 0. The lowest BCUT2D eigenvalue weighted by atomic mass is 10.0. The molecule has 0 aliphatic carbocycles. The number of piperazine rings is 1. The Bertz CT molecular complexity index is 454. The van der Waals surface area contributed by atoms with E-state index in [1.165, 1.54) is 11.3 Å². The highest BCUT2D eigenvalue weighted by atomic mass is 16.2. The number of rotatable bonds is 2. The van der Waals surface area contributed by atoms with Crippen LogP contribution in [0.2, 0.25) is 0 Å². The fourth-order valence-corrected chi connectivity index (χ4v) is 3.02. The fraction of sp³-hybridized carbons (Fsp3) is 0.588. The van der Waals surface area contributed by atoms with Gasteiger partial charge in [0.1, 0.15) is 0 Å². The van der Waals surface area contributed by atoms with Crippen LogP contribution in [0.3, 0.4) is 0 Å². The number of hydrogen-bond donors (Lipinski definition) is 0. The number of hydrogen-bond acceptors (Lipinski definition) is 2. The molecular formula is C17H26N2O. The van der Waals surface area contributed by atoms with Crippen molar-refractivity contribution >= 4 is 11.6 Å². The Morgan fingerprint density at radius 2 is 1.60 bits per heavy atom. The molecule has 20 heavy (non-hydrogen) atoms. The molecule has 110 valence electrons. The number of benzene rings is 1. The van der Waals surface area contributed by atoms with Gasteiger partial charge in [0, 0.05) is 36.8 Å². The van der Waals surface area contributed by atoms with E-state index in [0.29, 0.717) is 0 Å². The first-order valence-electron chi connectivity index (χ1n) is 7.54. The normalized spacial score (nSPS) is 23.3. The second kappa shape index (κ2) is 5.86. The molecule has 2 unspecified atom stereocenters. The van der Waals surface area contributed by atoms with Crippen LogP contribution in [0.1, 0.15) is 33.3 Å². The minimum atomic E-state index is 0.0748. The van der Waals surface area contributed by atoms with E-state index in [-0.39, 0.29) is 23.9 Å². The summed E-state index contributed by atoms with van der Waals surface area (Å²) in [6.45, 7) is 12.2. The van der Waals surface area contributed by atoms with E-state index in [9.17, 15) is 4.79 Å². The quantitative estimate of drug-likeness (QED) is 0.827. The third kappa shape index (κ3) is 2.97. The summed E-state index contributed by atoms with van der Waals surface area (Å²) in [6, 6.07) is 9.17. The Kier molecular flexibility index (Phi) is 4.36. The van der Waals surface area contributed by atoms with Crippen LogP contribution >= 0.6 is 0 Å². The van der Waals surface area contributed by atoms with Gasteiger partial charge >= 0.3 is 0 Å². The highest BCUT2D eigenvalue weighted by molar-refractivity contribution is 5.79. The van der Waals surface area contributed by atoms with E-state index in [1.54, 1.807) is 0 Å². The number of carbonyl (C=O) groups excluding carboxylic acids is 1. The van der Waals surface area contributed by atoms with Crippen LogP contribution in [0.25, 0.3) is 0 Å². The van der Waals surface area contributed by atoms with E-state index in [1.807, 2.05) is 13.8 Å². The molecule has 1 heterocycles. The Morgan fingerprint density at radius 1 is 1.10 bits per heavy atom. The fourth-order valence-electron chi connectivity index (χ4n) is 3.02. The summed E-state index contributed by atoms with van der Waals surface area (Å²) in [6.07, 6.45) is 0. The predicted octanol–water partition coefficient (Wildman–Crippen LogP) is 3.08. The largest absolute Gasteiger partial charge is 0.367 e. The smallest absolute Gasteiger partial charge is 0.225 e. The molecule has 0 N–H and O–H groups in total. The van der Waals surface area contributed by atoms with Gasteiger partial charge in [-0.3, -0.25) is 4.79 Å². The highest BCUT2D eigenvalue weighted by Gasteiger charge is 2.33. The van der Waals surface area contributed by atoms with Gasteiger partial charge in [0.2, 0.25) is 5.91 Å². The lowest BCUT2D eigenvalue weighted by molar-refractivity contribution is -0.139. The van der Waals surface area contributed by atoms with Gasteiger partial charge in [-0.2, -0.15) is 0 Å². The second-order valence-electron chi connectivity index (χ2n) is 6.34. The minimum absolute atomic E-state index is 0.0748. The second-order valence-corrected chi connectivity index (χ2v) is 6.34. The van der Waals surface area contributed by atoms with Gasteiger partial charge in [-0.1, -0.05) is 31.5 Å². The number of nitrogens with zero attached hydrogens (tertiary/aromatic N) is 2. The maximum absolute atomic E-state index is 12.3. The van der Waals surface area contributed by atoms with Crippen LogP contribution in [0, 0.1) is 12.8 Å². The van der Waals surface area contributed by atoms with E-state index in [2.05, 4.69) is 54.8 Å². The lowest BCUT2D eigenvalue weighted by Gasteiger charge is -2.46. The van der Waals surface area contributed by atoms with Gasteiger partial charge in [-0.25, -0.2) is 0 Å². The molecule has 0 aromatic heterocycles. The molecular weight excluding hydrogens is 248 g/mol. The van der Waals surface area contributed by atoms with Gasteiger partial charge in [0.25, 0.3) is 0 Å². The molecule has 3 nitrogen and oxygen atoms in total. The van der Waals surface area contributed by atoms with E-state index < -0.39 is 0 Å². The zero-order valence-electron chi connectivity index (χ0n) is 13.3. The van der Waals surface area contributed by atoms with Crippen LogP contribution in [0.4, 0.5) is 5.69 Å². The zero-order chi connectivity index (χ0) is 14.9. The highest BCUT2D eigenvalue weighted by Crippen LogP contribution is 2.24. The van der Waals surface area contributed by atoms with Gasteiger partial charge in [0.05, 0.1) is 0 Å². The Balaban J connectivity index is 2.13. The van der Waals surface area contributed by atoms with Crippen LogP contribution in [0.5, 0.6) is 0 Å². The molecule has 1 aliphatic heterocycles. The van der Waals surface area contributed by atoms with Crippen molar-refractivity contribution in [1.82, 2.24) is 4.90 Å². The van der Waals surface area contributed by atoms with E-state index in [4.69, 9.17) is 0 Å². The van der Waals surface area contributed by atoms with Crippen molar-refractivity contribution in [2.24, 2.45) is 5.92 Å². The molecule has 1 aromatic carbocycles. The maximum Gasteiger partial charge on any atom is 0.225 e. The molecule has 1 amide bonds. The van der Waals surface area contributed by atoms with Crippen molar-refractivity contribution in [2.75, 3.05) is 18.0 Å². The van der Waals surface area contributed by atoms with E-state index in [0.717, 1.165) is 13.1 Å². The van der Waals surface area contributed by atoms with Crippen molar-refractivity contribution in [1.29, 1.82) is 0 Å². The predicted molar refractivity (Wildman–Crippen MR) is 84.0 cm³/mol. The first-order valence-corrected chi connectivity index (χ1v) is 7.54. The number of aryl methyl sites for hydroxylation is 1. The molecule has 1 aliphatic rings. The number of amides is 1. The zero-order valence-corrected chi connectivity index (χ0v) is 13.3. The van der Waals surface area contributed by atoms with Crippen LogP contribution in [-0.4, -0.2) is 36.0 Å². The molecule has 2 rings (SSSR count). The average molecular weight is 274 g/mol. The van der Waals surface area contributed by atoms with Crippen molar-refractivity contribution in [3.05, 3.63) is 29.8 Å². The molecule has 1 aromatic rings. The van der Waals surface area contributed by atoms with E-state index >= 15 is 0 Å². The lowest BCUT2D eigenvalue weighted by Crippen LogP contribution is -2.59. The molecule has 0 spiro atoms. The molecule has 3 heteroatoms.